The molecule has 0 fully saturated rings. The summed E-state index contributed by atoms with van der Waals surface area (Å²) in [6, 6.07) is 47.4. The predicted octanol–water partition coefficient (Wildman–Crippen LogP) is 27.0. The van der Waals surface area contributed by atoms with Gasteiger partial charge in [0.2, 0.25) is 11.6 Å². The minimum absolute atomic E-state index is 0.00828. The predicted molar refractivity (Wildman–Crippen MR) is 478 cm³/mol. The van der Waals surface area contributed by atoms with Gasteiger partial charge in [0.25, 0.3) is 0 Å². The summed E-state index contributed by atoms with van der Waals surface area (Å²) in [6.45, 7) is 19.2. The van der Waals surface area contributed by atoms with Gasteiger partial charge in [0.1, 0.15) is 6.61 Å². The lowest BCUT2D eigenvalue weighted by Gasteiger charge is -2.14. The number of benzene rings is 8. The number of ether oxygens (including phenoxy) is 1. The number of hydrogen-bond acceptors (Lipinski definition) is 7. The van der Waals surface area contributed by atoms with Gasteiger partial charge in [-0.1, -0.05) is 101 Å². The molecule has 0 saturated heterocycles. The summed E-state index contributed by atoms with van der Waals surface area (Å²) in [5, 5.41) is 0. The van der Waals surface area contributed by atoms with Crippen molar-refractivity contribution in [1.82, 2.24) is 39.9 Å². The zero-order valence-electron chi connectivity index (χ0n) is 69.0. The van der Waals surface area contributed by atoms with Crippen LogP contribution >= 0.6 is 11.8 Å². The maximum Gasteiger partial charge on any atom is 0.338 e. The van der Waals surface area contributed by atoms with Crippen LogP contribution in [0.4, 0.5) is 43.9 Å². The number of carbonyl (C=O) groups excluding carboxylic acids is 1. The number of aromatic nitrogens is 8. The van der Waals surface area contributed by atoms with Crippen molar-refractivity contribution in [2.24, 2.45) is 0 Å². The van der Waals surface area contributed by atoms with Crippen molar-refractivity contribution in [2.75, 3.05) is 18.6 Å². The second kappa shape index (κ2) is 31.9. The Morgan fingerprint density at radius 3 is 0.790 bits per heavy atom. The topological polar surface area (TPSA) is 141 Å². The molecule has 21 heteroatoms. The Morgan fingerprint density at radius 1 is 0.306 bits per heavy atom. The Hall–Kier alpha value is -14.4. The minimum atomic E-state index is -2.41. The highest BCUT2D eigenvalue weighted by Gasteiger charge is 2.34. The Labute approximate surface area is 711 Å². The van der Waals surface area contributed by atoms with Gasteiger partial charge in [-0.3, -0.25) is 0 Å². The van der Waals surface area contributed by atoms with Crippen molar-refractivity contribution in [3.05, 3.63) is 328 Å². The van der Waals surface area contributed by atoms with Crippen LogP contribution in [-0.2, 0) is 4.74 Å². The fraction of sp³-hybridized carbons (Fsp3) is 0.117. The van der Waals surface area contributed by atoms with E-state index in [0.717, 1.165) is 134 Å². The van der Waals surface area contributed by atoms with Crippen LogP contribution in [0.5, 0.6) is 0 Å². The number of esters is 1. The van der Waals surface area contributed by atoms with Crippen molar-refractivity contribution in [1.29, 1.82) is 0 Å². The molecule has 10 heterocycles. The van der Waals surface area contributed by atoms with Gasteiger partial charge < -0.3 is 24.7 Å². The highest BCUT2D eigenvalue weighted by atomic mass is 32.2. The molecular formula is C103H72F10N8O2S. The minimum Gasteiger partial charge on any atom is -0.461 e. The molecule has 16 bridgehead atoms. The van der Waals surface area contributed by atoms with Crippen LogP contribution in [0.1, 0.15) is 118 Å². The van der Waals surface area contributed by atoms with Crippen LogP contribution < -0.4 is 0 Å². The van der Waals surface area contributed by atoms with E-state index in [1.807, 2.05) is 24.3 Å². The number of halogens is 10. The number of aryl methyl sites for hydroxylation is 9. The average molecular weight is 1680 g/mol. The summed E-state index contributed by atoms with van der Waals surface area (Å²) in [7, 11) is 0. The molecule has 4 aliphatic heterocycles. The third-order valence-corrected chi connectivity index (χ3v) is 23.2. The molecule has 6 aromatic heterocycles. The van der Waals surface area contributed by atoms with Crippen molar-refractivity contribution in [3.63, 3.8) is 0 Å². The van der Waals surface area contributed by atoms with E-state index in [4.69, 9.17) is 26.0 Å². The van der Waals surface area contributed by atoms with Gasteiger partial charge in [-0.05, 0) is 269 Å². The van der Waals surface area contributed by atoms with Crippen LogP contribution in [0.3, 0.4) is 0 Å². The fourth-order valence-electron chi connectivity index (χ4n) is 17.6. The van der Waals surface area contributed by atoms with Gasteiger partial charge in [-0.2, -0.15) is 11.8 Å². The molecule has 18 rings (SSSR count). The Balaban J connectivity index is 0.799. The summed E-state index contributed by atoms with van der Waals surface area (Å²) in [5.74, 6) is -16.4. The second-order valence-corrected chi connectivity index (χ2v) is 32.1. The molecule has 0 atom stereocenters. The third-order valence-electron chi connectivity index (χ3n) is 22.8. The molecule has 4 N–H and O–H groups in total. The van der Waals surface area contributed by atoms with E-state index in [2.05, 4.69) is 179 Å². The number of nitrogens with zero attached hydrogens (tertiary/aromatic N) is 4. The van der Waals surface area contributed by atoms with Gasteiger partial charge in [0.05, 0.1) is 62.2 Å². The standard InChI is InChI=1S/C103H72F10N8O2S/c1-49-43-52(4)80(53(5)44-49)86-70-31-25-64(114-70)83(65-26-32-71(115-65)87(81-54(6)45-50(2)46-55(81)7)73-38-40-75(121-73)88(74-39-37-72(86)120-74)82-56(8)47-51(3)48-57(82)9)60-17-13-58(14-18-60)11-12-59-15-19-61(20-16-59)84-66-27-33-76(116-66)89(91-93(104)97(108)101(112)98(109)94(91)105)78-35-29-68(118-78)85(62-21-23-63(24-22-62)103(122)123-41-42-124-10)69-30-36-79(119-69)90(77-34-28-67(84)117-77)92-95(106)99(110)102(113)100(111)96(92)107/h13-40,43-48,114,116,119,121H,41-42H2,1-10H3/i10T. The van der Waals surface area contributed by atoms with E-state index in [-0.39, 0.29) is 79.9 Å². The van der Waals surface area contributed by atoms with Crippen molar-refractivity contribution in [2.45, 2.75) is 62.3 Å². The lowest BCUT2D eigenvalue weighted by molar-refractivity contribution is 0.0530. The Morgan fingerprint density at radius 2 is 0.532 bits per heavy atom. The molecule has 0 spiro atoms. The normalized spacial score (nSPS) is 12.2. The quantitative estimate of drug-likeness (QED) is 0.0238. The number of hydrogen-bond donors (Lipinski definition) is 4. The average Bonchev–Trinajstić information content (AvgIpc) is 1.63. The molecule has 0 radical (unpaired) electrons. The first-order valence-electron chi connectivity index (χ1n) is 40.4. The van der Waals surface area contributed by atoms with Gasteiger partial charge in [0.15, 0.2) is 46.5 Å². The first-order valence-corrected chi connectivity index (χ1v) is 40.8. The number of fused-ring (bicyclic) bond motifs is 16. The zero-order valence-corrected chi connectivity index (χ0v) is 68.9. The molecule has 8 aromatic carbocycles. The number of aromatic amines is 4. The van der Waals surface area contributed by atoms with Gasteiger partial charge >= 0.3 is 5.97 Å². The summed E-state index contributed by atoms with van der Waals surface area (Å²) >= 11 is 1.23. The molecule has 0 unspecified atom stereocenters. The number of rotatable bonds is 12. The first kappa shape index (κ1) is 79.4. The number of carbonyl (C=O) groups is 1. The van der Waals surface area contributed by atoms with Crippen LogP contribution in [-0.4, -0.2) is 64.4 Å². The maximum absolute atomic E-state index is 16.6. The van der Waals surface area contributed by atoms with Gasteiger partial charge in [0, 0.05) is 107 Å². The second-order valence-electron chi connectivity index (χ2n) is 31.2. The van der Waals surface area contributed by atoms with E-state index in [9.17, 15) is 4.79 Å². The van der Waals surface area contributed by atoms with Gasteiger partial charge in [-0.15, -0.1) is 0 Å². The van der Waals surface area contributed by atoms with Crippen LogP contribution in [0, 0.1) is 132 Å². The molecule has 0 amide bonds. The van der Waals surface area contributed by atoms with Crippen LogP contribution in [0.25, 0.3) is 182 Å². The van der Waals surface area contributed by atoms with Gasteiger partial charge in [-0.25, -0.2) is 68.6 Å². The van der Waals surface area contributed by atoms with Crippen molar-refractivity contribution < 1.29 is 54.8 Å². The molecule has 124 heavy (non-hydrogen) atoms. The van der Waals surface area contributed by atoms with E-state index >= 15 is 43.9 Å². The zero-order chi connectivity index (χ0) is 87.4. The molecule has 10 nitrogen and oxygen atoms in total. The summed E-state index contributed by atoms with van der Waals surface area (Å²) in [4.78, 5) is 48.1. The fourth-order valence-corrected chi connectivity index (χ4v) is 17.8. The maximum atomic E-state index is 16.6. The van der Waals surface area contributed by atoms with E-state index in [1.165, 1.54) is 84.6 Å². The number of thioether (sulfide) groups is 1. The smallest absolute Gasteiger partial charge is 0.338 e. The first-order chi connectivity index (χ1) is 60.2. The molecule has 0 aliphatic carbocycles. The molecule has 612 valence electrons. The van der Waals surface area contributed by atoms with Crippen LogP contribution in [0.15, 0.2) is 158 Å². The summed E-state index contributed by atoms with van der Waals surface area (Å²) < 4.78 is 172. The van der Waals surface area contributed by atoms with E-state index in [1.54, 1.807) is 24.3 Å². The Kier molecular flexibility index (Phi) is 20.4. The summed E-state index contributed by atoms with van der Waals surface area (Å²) in [5.41, 5.74) is 21.1. The number of H-pyrrole nitrogens is 4. The molecule has 4 aliphatic rings. The largest absolute Gasteiger partial charge is 0.461 e. The highest BCUT2D eigenvalue weighted by Crippen LogP contribution is 2.47. The molecule has 14 aromatic rings. The van der Waals surface area contributed by atoms with Crippen LogP contribution in [0.2, 0.25) is 0 Å². The molecular weight excluding hydrogens is 1600 g/mol. The third kappa shape index (κ3) is 14.2. The van der Waals surface area contributed by atoms with Crippen molar-refractivity contribution >= 4 is 110 Å². The lowest BCUT2D eigenvalue weighted by Crippen LogP contribution is -2.07. The monoisotopic (exact) mass is 1680 g/mol. The SMILES string of the molecule is [3H]CSCCOC(=O)c1ccc(-c2c3nc(c(-c4c(F)c(F)c(F)c(F)c4F)c4ccc([nH]4)c(-c4ccc(C#Cc5ccc(-c6c7nc(c(-c8c(C)cc(C)cc8C)c8ccc([nH]8)c(-c8c(C)cc(C)cc8C)c8nc(c(-c9c(C)cc(C)cc9C)c9ccc6[nH]9)C=C8)C=C7)cc5)cc4)c4nc(c(-c5c(F)c(F)c(F)c(F)c5F)c5ccc2[nH]5)C=C4)C=C3)cc1. The van der Waals surface area contributed by atoms with Crippen molar-refractivity contribution in [3.8, 4) is 101 Å². The molecule has 0 saturated carbocycles. The highest BCUT2D eigenvalue weighted by molar-refractivity contribution is 7.98. The lowest BCUT2D eigenvalue weighted by atomic mass is 9.92. The number of nitrogens with one attached hydrogen (secondary N) is 4. The Bertz CT molecular complexity index is 7340. The summed E-state index contributed by atoms with van der Waals surface area (Å²) in [6.07, 6.45) is 13.7. The van der Waals surface area contributed by atoms with E-state index in [0.29, 0.717) is 28.1 Å². The van der Waals surface area contributed by atoms with E-state index < -0.39 is 86.4 Å².